The summed E-state index contributed by atoms with van der Waals surface area (Å²) in [7, 11) is 0. The maximum absolute atomic E-state index is 10.9. The van der Waals surface area contributed by atoms with E-state index >= 15 is 0 Å². The van der Waals surface area contributed by atoms with Gasteiger partial charge in [-0.05, 0) is 31.0 Å². The summed E-state index contributed by atoms with van der Waals surface area (Å²) in [5, 5.41) is 14.3. The Labute approximate surface area is 139 Å². The molecule has 6 nitrogen and oxygen atoms in total. The van der Waals surface area contributed by atoms with E-state index in [4.69, 9.17) is 9.52 Å². The second-order valence-corrected chi connectivity index (χ2v) is 6.24. The molecule has 1 N–H and O–H groups in total. The van der Waals surface area contributed by atoms with Crippen LogP contribution in [0.1, 0.15) is 35.1 Å². The van der Waals surface area contributed by atoms with Crippen molar-refractivity contribution in [2.45, 2.75) is 25.4 Å². The van der Waals surface area contributed by atoms with Crippen LogP contribution >= 0.6 is 0 Å². The van der Waals surface area contributed by atoms with Gasteiger partial charge < -0.3 is 9.52 Å². The molecule has 24 heavy (non-hydrogen) atoms. The van der Waals surface area contributed by atoms with Crippen molar-refractivity contribution >= 4 is 16.9 Å². The molecule has 0 radical (unpaired) electrons. The maximum Gasteiger partial charge on any atom is 0.356 e. The van der Waals surface area contributed by atoms with Gasteiger partial charge in [-0.2, -0.15) is 5.10 Å². The molecule has 1 aliphatic rings. The molecule has 0 saturated carbocycles. The molecule has 3 aromatic rings. The zero-order valence-electron chi connectivity index (χ0n) is 13.3. The third kappa shape index (κ3) is 2.92. The Morgan fingerprint density at radius 3 is 2.75 bits per heavy atom. The summed E-state index contributed by atoms with van der Waals surface area (Å²) in [5.74, 6) is 0.0120. The number of carboxylic acids is 1. The minimum Gasteiger partial charge on any atom is -0.476 e. The number of furan rings is 1. The van der Waals surface area contributed by atoms with Crippen LogP contribution in [0.4, 0.5) is 0 Å². The van der Waals surface area contributed by atoms with Crippen LogP contribution in [-0.2, 0) is 6.54 Å². The van der Waals surface area contributed by atoms with Crippen LogP contribution < -0.4 is 0 Å². The molecule has 0 amide bonds. The van der Waals surface area contributed by atoms with Crippen LogP contribution in [0.5, 0.6) is 0 Å². The normalized spacial score (nSPS) is 16.7. The van der Waals surface area contributed by atoms with Gasteiger partial charge in [0.05, 0.1) is 12.6 Å². The molecule has 0 unspecified atom stereocenters. The number of hydrogen-bond acceptors (Lipinski definition) is 4. The van der Waals surface area contributed by atoms with E-state index in [1.54, 1.807) is 16.9 Å². The number of likely N-dealkylation sites (tertiary alicyclic amines) is 1. The van der Waals surface area contributed by atoms with Crippen LogP contribution in [-0.4, -0.2) is 38.8 Å². The fourth-order valence-corrected chi connectivity index (χ4v) is 3.33. The predicted octanol–water partition coefficient (Wildman–Crippen LogP) is 3.16. The SMILES string of the molecule is O=C(O)c1ccn(C2CCN(Cc3cc4ccccc4o3)CC2)n1. The number of carbonyl (C=O) groups is 1. The molecule has 2 aromatic heterocycles. The standard InChI is InChI=1S/C18H19N3O3/c22-18(23)16-7-10-21(19-16)14-5-8-20(9-6-14)12-15-11-13-3-1-2-4-17(13)24-15/h1-4,7,10-11,14H,5-6,8-9,12H2,(H,22,23). The summed E-state index contributed by atoms with van der Waals surface area (Å²) in [6, 6.07) is 12.0. The van der Waals surface area contributed by atoms with E-state index in [1.807, 2.05) is 18.2 Å². The Morgan fingerprint density at radius 1 is 1.25 bits per heavy atom. The zero-order chi connectivity index (χ0) is 16.5. The maximum atomic E-state index is 10.9. The zero-order valence-corrected chi connectivity index (χ0v) is 13.3. The number of aromatic nitrogens is 2. The van der Waals surface area contributed by atoms with Crippen molar-refractivity contribution in [3.05, 3.63) is 54.0 Å². The summed E-state index contributed by atoms with van der Waals surface area (Å²) < 4.78 is 7.68. The van der Waals surface area contributed by atoms with Gasteiger partial charge in [0, 0.05) is 24.7 Å². The van der Waals surface area contributed by atoms with Crippen LogP contribution in [0, 0.1) is 0 Å². The topological polar surface area (TPSA) is 71.5 Å². The number of para-hydroxylation sites is 1. The van der Waals surface area contributed by atoms with Gasteiger partial charge in [-0.1, -0.05) is 18.2 Å². The summed E-state index contributed by atoms with van der Waals surface area (Å²) in [6.45, 7) is 2.70. The molecule has 0 bridgehead atoms. The Hall–Kier alpha value is -2.60. The Balaban J connectivity index is 1.37. The third-order valence-corrected chi connectivity index (χ3v) is 4.61. The van der Waals surface area contributed by atoms with Crippen molar-refractivity contribution in [3.8, 4) is 0 Å². The lowest BCUT2D eigenvalue weighted by molar-refractivity contribution is 0.0688. The molecule has 1 aliphatic heterocycles. The molecule has 124 valence electrons. The van der Waals surface area contributed by atoms with Gasteiger partial charge in [0.1, 0.15) is 11.3 Å². The van der Waals surface area contributed by atoms with Gasteiger partial charge >= 0.3 is 5.97 Å². The summed E-state index contributed by atoms with van der Waals surface area (Å²) in [4.78, 5) is 13.3. The smallest absolute Gasteiger partial charge is 0.356 e. The molecule has 3 heterocycles. The highest BCUT2D eigenvalue weighted by Crippen LogP contribution is 2.25. The summed E-state index contributed by atoms with van der Waals surface area (Å²) >= 11 is 0. The Morgan fingerprint density at radius 2 is 2.04 bits per heavy atom. The molecule has 0 atom stereocenters. The first-order chi connectivity index (χ1) is 11.7. The van der Waals surface area contributed by atoms with Crippen LogP contribution in [0.2, 0.25) is 0 Å². The summed E-state index contributed by atoms with van der Waals surface area (Å²) in [5.41, 5.74) is 1.04. The van der Waals surface area contributed by atoms with Gasteiger partial charge in [-0.3, -0.25) is 9.58 Å². The van der Waals surface area contributed by atoms with Crippen molar-refractivity contribution in [1.82, 2.24) is 14.7 Å². The minimum atomic E-state index is -0.976. The highest BCUT2D eigenvalue weighted by atomic mass is 16.4. The van der Waals surface area contributed by atoms with Gasteiger partial charge in [-0.25, -0.2) is 4.79 Å². The van der Waals surface area contributed by atoms with Crippen molar-refractivity contribution in [2.24, 2.45) is 0 Å². The number of hydrogen-bond donors (Lipinski definition) is 1. The fraction of sp³-hybridized carbons (Fsp3) is 0.333. The minimum absolute atomic E-state index is 0.111. The molecule has 1 aromatic carbocycles. The number of carboxylic acid groups (broad SMARTS) is 1. The molecular formula is C18H19N3O3. The first-order valence-corrected chi connectivity index (χ1v) is 8.17. The van der Waals surface area contributed by atoms with E-state index in [0.29, 0.717) is 0 Å². The second kappa shape index (κ2) is 6.13. The quantitative estimate of drug-likeness (QED) is 0.798. The number of fused-ring (bicyclic) bond motifs is 1. The monoisotopic (exact) mass is 325 g/mol. The van der Waals surface area contributed by atoms with Crippen molar-refractivity contribution in [3.63, 3.8) is 0 Å². The van der Waals surface area contributed by atoms with Crippen molar-refractivity contribution in [2.75, 3.05) is 13.1 Å². The van der Waals surface area contributed by atoms with Crippen molar-refractivity contribution < 1.29 is 14.3 Å². The number of benzene rings is 1. The molecule has 6 heteroatoms. The molecule has 1 fully saturated rings. The fourth-order valence-electron chi connectivity index (χ4n) is 3.33. The van der Waals surface area contributed by atoms with Gasteiger partial charge in [0.2, 0.25) is 0 Å². The van der Waals surface area contributed by atoms with E-state index < -0.39 is 5.97 Å². The van der Waals surface area contributed by atoms with E-state index in [0.717, 1.165) is 49.2 Å². The summed E-state index contributed by atoms with van der Waals surface area (Å²) in [6.07, 6.45) is 3.69. The Bertz CT molecular complexity index is 826. The second-order valence-electron chi connectivity index (χ2n) is 6.24. The van der Waals surface area contributed by atoms with Gasteiger partial charge in [-0.15, -0.1) is 0 Å². The lowest BCUT2D eigenvalue weighted by atomic mass is 10.1. The average molecular weight is 325 g/mol. The molecule has 4 rings (SSSR count). The first-order valence-electron chi connectivity index (χ1n) is 8.17. The highest BCUT2D eigenvalue weighted by molar-refractivity contribution is 5.85. The predicted molar refractivity (Wildman–Crippen MR) is 88.9 cm³/mol. The van der Waals surface area contributed by atoms with Gasteiger partial charge in [0.15, 0.2) is 5.69 Å². The highest BCUT2D eigenvalue weighted by Gasteiger charge is 2.22. The van der Waals surface area contributed by atoms with Crippen molar-refractivity contribution in [1.29, 1.82) is 0 Å². The number of piperidine rings is 1. The van der Waals surface area contributed by atoms with E-state index in [-0.39, 0.29) is 11.7 Å². The largest absolute Gasteiger partial charge is 0.476 e. The van der Waals surface area contributed by atoms with E-state index in [9.17, 15) is 4.79 Å². The number of nitrogens with zero attached hydrogens (tertiary/aromatic N) is 3. The third-order valence-electron chi connectivity index (χ3n) is 4.61. The number of rotatable bonds is 4. The molecule has 0 aliphatic carbocycles. The Kier molecular flexibility index (Phi) is 3.82. The molecule has 0 spiro atoms. The van der Waals surface area contributed by atoms with Gasteiger partial charge in [0.25, 0.3) is 0 Å². The van der Waals surface area contributed by atoms with Crippen LogP contribution in [0.3, 0.4) is 0 Å². The molecular weight excluding hydrogens is 306 g/mol. The van der Waals surface area contributed by atoms with E-state index in [2.05, 4.69) is 22.1 Å². The van der Waals surface area contributed by atoms with Crippen LogP contribution in [0.25, 0.3) is 11.0 Å². The number of aromatic carboxylic acids is 1. The lowest BCUT2D eigenvalue weighted by Crippen LogP contribution is -2.34. The van der Waals surface area contributed by atoms with E-state index in [1.165, 1.54) is 0 Å². The lowest BCUT2D eigenvalue weighted by Gasteiger charge is -2.31. The first kappa shape index (κ1) is 15.0. The molecule has 1 saturated heterocycles. The average Bonchev–Trinajstić information content (AvgIpc) is 3.22. The van der Waals surface area contributed by atoms with Crippen LogP contribution in [0.15, 0.2) is 47.0 Å².